The Labute approximate surface area is 221 Å². The summed E-state index contributed by atoms with van der Waals surface area (Å²) in [6, 6.07) is 7.56. The number of hydrogen-bond acceptors (Lipinski definition) is 3. The zero-order chi connectivity index (χ0) is 26.0. The highest BCUT2D eigenvalue weighted by molar-refractivity contribution is 6.30. The average molecular weight is 522 g/mol. The minimum absolute atomic E-state index is 0.0194. The van der Waals surface area contributed by atoms with Crippen LogP contribution in [0.25, 0.3) is 0 Å². The van der Waals surface area contributed by atoms with Gasteiger partial charge in [0.05, 0.1) is 25.2 Å². The normalized spacial score (nSPS) is 21.4. The van der Waals surface area contributed by atoms with E-state index in [0.29, 0.717) is 43.4 Å². The van der Waals surface area contributed by atoms with Gasteiger partial charge in [0.15, 0.2) is 0 Å². The van der Waals surface area contributed by atoms with E-state index in [4.69, 9.17) is 11.6 Å². The zero-order valence-electron chi connectivity index (χ0n) is 22.1. The van der Waals surface area contributed by atoms with Crippen molar-refractivity contribution in [3.63, 3.8) is 0 Å². The van der Waals surface area contributed by atoms with Crippen LogP contribution in [0.4, 0.5) is 4.79 Å². The van der Waals surface area contributed by atoms with Crippen molar-refractivity contribution in [2.45, 2.75) is 82.8 Å². The Morgan fingerprint density at radius 3 is 2.69 bits per heavy atom. The number of nitrogens with zero attached hydrogens (tertiary/aromatic N) is 1. The third-order valence-electron chi connectivity index (χ3n) is 8.01. The van der Waals surface area contributed by atoms with Gasteiger partial charge in [-0.05, 0) is 55.7 Å². The van der Waals surface area contributed by atoms with Crippen molar-refractivity contribution in [3.8, 4) is 0 Å². The van der Waals surface area contributed by atoms with Gasteiger partial charge in [0.1, 0.15) is 0 Å². The van der Waals surface area contributed by atoms with Gasteiger partial charge in [-0.1, -0.05) is 55.8 Å². The molecule has 1 aromatic rings. The first-order chi connectivity index (χ1) is 17.3. The van der Waals surface area contributed by atoms with Gasteiger partial charge in [-0.2, -0.15) is 0 Å². The van der Waals surface area contributed by atoms with Crippen molar-refractivity contribution in [1.82, 2.24) is 15.5 Å². The van der Waals surface area contributed by atoms with E-state index in [1.54, 1.807) is 6.07 Å². The van der Waals surface area contributed by atoms with E-state index < -0.39 is 5.60 Å². The van der Waals surface area contributed by atoms with Gasteiger partial charge in [-0.25, -0.2) is 4.79 Å². The van der Waals surface area contributed by atoms with Gasteiger partial charge in [-0.15, -0.1) is 0 Å². The molecule has 1 saturated heterocycles. The predicted molar refractivity (Wildman–Crippen MR) is 144 cm³/mol. The molecular formula is C28H46ClN4O3+. The van der Waals surface area contributed by atoms with Crippen molar-refractivity contribution >= 4 is 23.5 Å². The molecule has 3 rings (SSSR count). The maximum atomic E-state index is 13.4. The summed E-state index contributed by atoms with van der Waals surface area (Å²) in [7, 11) is 2.06. The monoisotopic (exact) mass is 521 g/mol. The SMILES string of the molecule is C[NH2+]C[C@H](CC1CCCCC1)NC(=O)N1CCC[C@@H]([C@@](O)(CCCNC(C)=O)c2cccc(Cl)c2)C1. The molecule has 3 amide bonds. The number of halogens is 1. The molecule has 36 heavy (non-hydrogen) atoms. The molecule has 2 fully saturated rings. The summed E-state index contributed by atoms with van der Waals surface area (Å²) in [5.74, 6) is 0.519. The van der Waals surface area contributed by atoms with Crippen LogP contribution < -0.4 is 16.0 Å². The molecule has 1 aromatic carbocycles. The molecule has 0 unspecified atom stereocenters. The predicted octanol–water partition coefficient (Wildman–Crippen LogP) is 3.40. The second kappa shape index (κ2) is 14.2. The lowest BCUT2D eigenvalue weighted by molar-refractivity contribution is -0.629. The Hall–Kier alpha value is -1.83. The van der Waals surface area contributed by atoms with Gasteiger partial charge < -0.3 is 26.0 Å². The van der Waals surface area contributed by atoms with Gasteiger partial charge in [-0.3, -0.25) is 4.79 Å². The van der Waals surface area contributed by atoms with E-state index in [0.717, 1.165) is 31.4 Å². The van der Waals surface area contributed by atoms with E-state index in [2.05, 4.69) is 23.0 Å². The second-order valence-corrected chi connectivity index (χ2v) is 11.3. The molecule has 5 N–H and O–H groups in total. The van der Waals surface area contributed by atoms with Crippen LogP contribution >= 0.6 is 11.6 Å². The van der Waals surface area contributed by atoms with E-state index in [1.807, 2.05) is 23.1 Å². The lowest BCUT2D eigenvalue weighted by Gasteiger charge is -2.43. The smallest absolute Gasteiger partial charge is 0.317 e. The van der Waals surface area contributed by atoms with Crippen molar-refractivity contribution in [2.24, 2.45) is 11.8 Å². The molecule has 7 nitrogen and oxygen atoms in total. The van der Waals surface area contributed by atoms with Crippen LogP contribution in [-0.4, -0.2) is 61.2 Å². The third-order valence-corrected chi connectivity index (χ3v) is 8.24. The summed E-state index contributed by atoms with van der Waals surface area (Å²) in [6.45, 7) is 4.09. The van der Waals surface area contributed by atoms with E-state index >= 15 is 0 Å². The van der Waals surface area contributed by atoms with Gasteiger partial charge in [0, 0.05) is 37.5 Å². The second-order valence-electron chi connectivity index (χ2n) is 10.8. The summed E-state index contributed by atoms with van der Waals surface area (Å²) >= 11 is 6.29. The average Bonchev–Trinajstić information content (AvgIpc) is 2.87. The Kier molecular flexibility index (Phi) is 11.3. The minimum atomic E-state index is -1.12. The standard InChI is InChI=1S/C28H45ClN4O3/c1-21(34)31-15-8-14-28(36,23-11-6-13-25(29)18-23)24-12-7-16-33(20-24)27(35)32-26(19-30-2)17-22-9-4-3-5-10-22/h6,11,13,18,22,24,26,30,36H,3-5,7-10,12,14-17,19-20H2,1-2H3,(H,31,34)(H,32,35)/p+1/t24-,26+,28-/m1/s1. The fourth-order valence-electron chi connectivity index (χ4n) is 6.11. The quantitative estimate of drug-likeness (QED) is 0.336. The number of rotatable bonds is 11. The number of likely N-dealkylation sites (N-methyl/N-ethyl adjacent to an activating group) is 1. The van der Waals surface area contributed by atoms with E-state index in [9.17, 15) is 14.7 Å². The molecule has 202 valence electrons. The lowest BCUT2D eigenvalue weighted by Crippen LogP contribution is -2.83. The van der Waals surface area contributed by atoms with Crippen molar-refractivity contribution in [3.05, 3.63) is 34.9 Å². The van der Waals surface area contributed by atoms with Crippen LogP contribution in [0.5, 0.6) is 0 Å². The number of aliphatic hydroxyl groups is 1. The molecule has 1 heterocycles. The molecule has 1 aliphatic carbocycles. The topological polar surface area (TPSA) is 98.3 Å². The third kappa shape index (κ3) is 8.35. The summed E-state index contributed by atoms with van der Waals surface area (Å²) in [4.78, 5) is 26.6. The van der Waals surface area contributed by atoms with Crippen LogP contribution in [0.15, 0.2) is 24.3 Å². The van der Waals surface area contributed by atoms with Gasteiger partial charge in [0.25, 0.3) is 0 Å². The number of nitrogens with two attached hydrogens (primary N) is 1. The number of urea groups is 1. The Bertz CT molecular complexity index is 848. The minimum Gasteiger partial charge on any atom is -0.385 e. The van der Waals surface area contributed by atoms with Crippen molar-refractivity contribution in [1.29, 1.82) is 0 Å². The van der Waals surface area contributed by atoms with Crippen LogP contribution in [0.1, 0.15) is 76.7 Å². The number of amides is 3. The summed E-state index contributed by atoms with van der Waals surface area (Å²) in [6.07, 6.45) is 10.3. The van der Waals surface area contributed by atoms with Crippen molar-refractivity contribution < 1.29 is 20.0 Å². The van der Waals surface area contributed by atoms with Crippen molar-refractivity contribution in [2.75, 3.05) is 33.2 Å². The molecule has 3 atom stereocenters. The zero-order valence-corrected chi connectivity index (χ0v) is 22.9. The number of quaternary nitrogens is 1. The first-order valence-corrected chi connectivity index (χ1v) is 14.3. The molecule has 0 bridgehead atoms. The summed E-state index contributed by atoms with van der Waals surface area (Å²) in [5.41, 5.74) is -0.345. The highest BCUT2D eigenvalue weighted by Crippen LogP contribution is 2.40. The van der Waals surface area contributed by atoms with Gasteiger partial charge >= 0.3 is 6.03 Å². The van der Waals surface area contributed by atoms with Crippen LogP contribution in [-0.2, 0) is 10.4 Å². The van der Waals surface area contributed by atoms with Gasteiger partial charge in [0.2, 0.25) is 5.91 Å². The molecule has 2 aliphatic rings. The fraction of sp³-hybridized carbons (Fsp3) is 0.714. The number of carbonyl (C=O) groups is 2. The van der Waals surface area contributed by atoms with Crippen LogP contribution in [0, 0.1) is 11.8 Å². The maximum absolute atomic E-state index is 13.4. The summed E-state index contributed by atoms with van der Waals surface area (Å²) < 4.78 is 0. The van der Waals surface area contributed by atoms with E-state index in [-0.39, 0.29) is 23.9 Å². The highest BCUT2D eigenvalue weighted by Gasteiger charge is 2.41. The van der Waals surface area contributed by atoms with Crippen LogP contribution in [0.2, 0.25) is 5.02 Å². The lowest BCUT2D eigenvalue weighted by atomic mass is 9.74. The number of benzene rings is 1. The molecule has 1 aliphatic heterocycles. The Morgan fingerprint density at radius 2 is 2.00 bits per heavy atom. The fourth-order valence-corrected chi connectivity index (χ4v) is 6.30. The Balaban J connectivity index is 1.68. The number of likely N-dealkylation sites (tertiary alicyclic amines) is 1. The summed E-state index contributed by atoms with van der Waals surface area (Å²) in [5, 5.41) is 20.9. The molecule has 0 radical (unpaired) electrons. The maximum Gasteiger partial charge on any atom is 0.317 e. The number of piperidine rings is 1. The largest absolute Gasteiger partial charge is 0.385 e. The number of carbonyl (C=O) groups excluding carboxylic acids is 2. The first kappa shape index (κ1) is 28.7. The van der Waals surface area contributed by atoms with Crippen LogP contribution in [0.3, 0.4) is 0 Å². The molecular weight excluding hydrogens is 476 g/mol. The van der Waals surface area contributed by atoms with E-state index in [1.165, 1.54) is 39.0 Å². The molecule has 0 aromatic heterocycles. The number of hydrogen-bond donors (Lipinski definition) is 4. The first-order valence-electron chi connectivity index (χ1n) is 13.9. The molecule has 0 spiro atoms. The number of nitrogens with one attached hydrogen (secondary N) is 2. The molecule has 8 heteroatoms. The molecule has 1 saturated carbocycles. The Morgan fingerprint density at radius 1 is 1.22 bits per heavy atom. The highest BCUT2D eigenvalue weighted by atomic mass is 35.5.